The van der Waals surface area contributed by atoms with Crippen molar-refractivity contribution in [1.29, 1.82) is 0 Å². The second-order valence-electron chi connectivity index (χ2n) is 15.5. The van der Waals surface area contributed by atoms with Crippen LogP contribution < -0.4 is 31.1 Å². The molecular formula is C41H51F3N14O3. The normalized spacial score (nSPS) is 17.6. The summed E-state index contributed by atoms with van der Waals surface area (Å²) in [5, 5.41) is 7.48. The van der Waals surface area contributed by atoms with Crippen molar-refractivity contribution < 1.29 is 27.4 Å². The van der Waals surface area contributed by atoms with Crippen LogP contribution in [-0.2, 0) is 15.7 Å². The minimum absolute atomic E-state index is 0.00502. The van der Waals surface area contributed by atoms with Gasteiger partial charge in [-0.1, -0.05) is 12.8 Å². The number of ether oxygens (including phenoxy) is 2. The molecule has 1 saturated carbocycles. The van der Waals surface area contributed by atoms with Crippen molar-refractivity contribution in [2.75, 3.05) is 119 Å². The zero-order valence-corrected chi connectivity index (χ0v) is 34.4. The van der Waals surface area contributed by atoms with Gasteiger partial charge in [-0.05, 0) is 37.1 Å². The number of aromatic nitrogens is 7. The predicted octanol–water partition coefficient (Wildman–Crippen LogP) is 4.61. The van der Waals surface area contributed by atoms with E-state index in [1.807, 2.05) is 28.1 Å². The summed E-state index contributed by atoms with van der Waals surface area (Å²) in [4.78, 5) is 47.5. The van der Waals surface area contributed by atoms with E-state index < -0.39 is 11.7 Å². The number of pyridine rings is 2. The maximum atomic E-state index is 13.6. The van der Waals surface area contributed by atoms with Gasteiger partial charge in [0.05, 0.1) is 49.6 Å². The summed E-state index contributed by atoms with van der Waals surface area (Å²) in [7, 11) is 3.57. The third-order valence-corrected chi connectivity index (χ3v) is 11.2. The van der Waals surface area contributed by atoms with Crippen molar-refractivity contribution >= 4 is 52.0 Å². The number of fused-ring (bicyclic) bond motifs is 1. The van der Waals surface area contributed by atoms with E-state index in [9.17, 15) is 18.0 Å². The average molecular weight is 845 g/mol. The summed E-state index contributed by atoms with van der Waals surface area (Å²) in [6, 6.07) is 8.65. The number of morpholine rings is 2. The molecule has 0 bridgehead atoms. The molecule has 61 heavy (non-hydrogen) atoms. The van der Waals surface area contributed by atoms with Crippen molar-refractivity contribution in [1.82, 2.24) is 44.7 Å². The Bertz CT molecular complexity index is 2250. The molecule has 3 saturated heterocycles. The molecule has 0 spiro atoms. The lowest BCUT2D eigenvalue weighted by atomic mass is 10.1. The molecule has 0 radical (unpaired) electrons. The van der Waals surface area contributed by atoms with Crippen LogP contribution in [0.3, 0.4) is 0 Å². The van der Waals surface area contributed by atoms with E-state index >= 15 is 0 Å². The largest absolute Gasteiger partial charge is 0.417 e. The number of nitrogens with zero attached hydrogens (tertiary/aromatic N) is 11. The van der Waals surface area contributed by atoms with Crippen LogP contribution in [0.4, 0.5) is 48.2 Å². The van der Waals surface area contributed by atoms with E-state index in [4.69, 9.17) is 20.2 Å². The molecule has 3 aliphatic heterocycles. The van der Waals surface area contributed by atoms with Crippen molar-refractivity contribution in [3.8, 4) is 11.3 Å². The molecule has 8 heterocycles. The van der Waals surface area contributed by atoms with Gasteiger partial charge in [-0.25, -0.2) is 19.9 Å². The summed E-state index contributed by atoms with van der Waals surface area (Å²) in [5.74, 6) is 1.92. The number of anilines is 6. The van der Waals surface area contributed by atoms with E-state index in [-0.39, 0.29) is 23.0 Å². The molecule has 4 N–H and O–H groups in total. The smallest absolute Gasteiger partial charge is 0.384 e. The molecule has 1 aliphatic carbocycles. The van der Waals surface area contributed by atoms with Gasteiger partial charge in [0.15, 0.2) is 0 Å². The third kappa shape index (κ3) is 9.71. The molecule has 0 atom stereocenters. The lowest BCUT2D eigenvalue weighted by molar-refractivity contribution is -0.137. The average Bonchev–Trinajstić information content (AvgIpc) is 3.95. The molecule has 4 aliphatic rings. The summed E-state index contributed by atoms with van der Waals surface area (Å²) in [6.07, 6.45) is 4.71. The number of amides is 1. The minimum atomic E-state index is -4.59. The fourth-order valence-electron chi connectivity index (χ4n) is 8.01. The van der Waals surface area contributed by atoms with Gasteiger partial charge in [0, 0.05) is 102 Å². The Balaban J connectivity index is 0.000000169. The number of alkyl halides is 3. The highest BCUT2D eigenvalue weighted by molar-refractivity contribution is 5.98. The van der Waals surface area contributed by atoms with Crippen molar-refractivity contribution in [2.45, 2.75) is 37.9 Å². The Kier molecular flexibility index (Phi) is 12.6. The Morgan fingerprint density at radius 2 is 1.54 bits per heavy atom. The number of carbonyl (C=O) groups is 1. The first-order valence-corrected chi connectivity index (χ1v) is 20.7. The predicted molar refractivity (Wildman–Crippen MR) is 226 cm³/mol. The molecule has 17 nitrogen and oxygen atoms in total. The van der Waals surface area contributed by atoms with Crippen LogP contribution in [-0.4, -0.2) is 138 Å². The van der Waals surface area contributed by atoms with Gasteiger partial charge in [-0.3, -0.25) is 4.79 Å². The number of hydrogen-bond acceptors (Lipinski definition) is 15. The minimum Gasteiger partial charge on any atom is -0.384 e. The molecule has 4 fully saturated rings. The number of piperazine rings is 1. The maximum Gasteiger partial charge on any atom is 0.417 e. The molecule has 20 heteroatoms. The molecule has 9 rings (SSSR count). The number of nitrogens with one attached hydrogen (secondary N) is 2. The van der Waals surface area contributed by atoms with Crippen LogP contribution in [0.1, 0.15) is 47.8 Å². The molecule has 5 aromatic heterocycles. The zero-order valence-electron chi connectivity index (χ0n) is 34.4. The Morgan fingerprint density at radius 3 is 2.20 bits per heavy atom. The van der Waals surface area contributed by atoms with E-state index in [0.717, 1.165) is 68.0 Å². The monoisotopic (exact) mass is 844 g/mol. The van der Waals surface area contributed by atoms with Crippen LogP contribution >= 0.6 is 0 Å². The number of carbonyl (C=O) groups excluding carboxylic acids is 1. The summed E-state index contributed by atoms with van der Waals surface area (Å²) < 4.78 is 53.8. The summed E-state index contributed by atoms with van der Waals surface area (Å²) >= 11 is 0. The topological polar surface area (TPSA) is 181 Å². The third-order valence-electron chi connectivity index (χ3n) is 11.2. The van der Waals surface area contributed by atoms with Gasteiger partial charge in [0.2, 0.25) is 11.9 Å². The first kappa shape index (κ1) is 41.9. The lowest BCUT2D eigenvalue weighted by Gasteiger charge is -2.31. The van der Waals surface area contributed by atoms with Gasteiger partial charge in [-0.2, -0.15) is 23.1 Å². The van der Waals surface area contributed by atoms with Crippen molar-refractivity contribution in [2.24, 2.45) is 0 Å². The van der Waals surface area contributed by atoms with E-state index in [0.29, 0.717) is 87.9 Å². The first-order valence-electron chi connectivity index (χ1n) is 20.7. The van der Waals surface area contributed by atoms with Gasteiger partial charge in [0.25, 0.3) is 5.91 Å². The highest BCUT2D eigenvalue weighted by atomic mass is 19.4. The number of nitrogens with two attached hydrogens (primary N) is 1. The quantitative estimate of drug-likeness (QED) is 0.197. The highest BCUT2D eigenvalue weighted by Gasteiger charge is 2.35. The maximum absolute atomic E-state index is 13.6. The highest BCUT2D eigenvalue weighted by Crippen LogP contribution is 2.39. The summed E-state index contributed by atoms with van der Waals surface area (Å²) in [5.41, 5.74) is 7.27. The lowest BCUT2D eigenvalue weighted by Crippen LogP contribution is -2.43. The zero-order chi connectivity index (χ0) is 42.5. The second-order valence-corrected chi connectivity index (χ2v) is 15.5. The van der Waals surface area contributed by atoms with Gasteiger partial charge >= 0.3 is 6.18 Å². The van der Waals surface area contributed by atoms with Crippen LogP contribution in [0.2, 0.25) is 0 Å². The molecule has 324 valence electrons. The first-order chi connectivity index (χ1) is 29.5. The molecule has 1 amide bonds. The molecule has 5 aromatic rings. The number of nitrogen functional groups attached to an aromatic ring is 1. The number of hydrogen-bond donors (Lipinski definition) is 3. The SMILES string of the molecule is CN(C)C(=O)c1cc2cnc(Nc3ccc(N4CCNCC4)cn3)nc2n1C1CCCC1.Nc1cc(C(F)(F)F)c(-c2cc(N3CCOCC3)nc(N3CCOCC3)n2)cn1. The summed E-state index contributed by atoms with van der Waals surface area (Å²) in [6.45, 7) is 8.38. The Morgan fingerprint density at radius 1 is 0.836 bits per heavy atom. The number of rotatable bonds is 8. The van der Waals surface area contributed by atoms with Crippen LogP contribution in [0.25, 0.3) is 22.3 Å². The standard InChI is InChI=1S/C23H30N8O.C18H21F3N6O2/c1-29(2)22(32)19-13-16-14-26-23(28-21(16)31(19)17-5-3-4-6-17)27-20-8-7-18(15-25-20)30-11-9-24-10-12-30;19-18(20,21)13-9-15(22)23-11-12(13)14-10-16(26-1-5-28-6-2-26)25-17(24-14)27-3-7-29-8-4-27/h7-8,13-15,17,24H,3-6,9-12H2,1-2H3,(H,25,26,27,28);9-11H,1-8H2,(H2,22,23). The molecule has 0 unspecified atom stereocenters. The van der Waals surface area contributed by atoms with Crippen molar-refractivity contribution in [3.63, 3.8) is 0 Å². The Labute approximate surface area is 351 Å². The fourth-order valence-corrected chi connectivity index (χ4v) is 8.01. The molecule has 0 aromatic carbocycles. The van der Waals surface area contributed by atoms with E-state index in [1.54, 1.807) is 31.3 Å². The van der Waals surface area contributed by atoms with Crippen LogP contribution in [0.5, 0.6) is 0 Å². The van der Waals surface area contributed by atoms with Crippen LogP contribution in [0.15, 0.2) is 48.9 Å². The second kappa shape index (κ2) is 18.4. The Hall–Kier alpha value is -5.86. The van der Waals surface area contributed by atoms with Crippen molar-refractivity contribution in [3.05, 3.63) is 60.2 Å². The fraction of sp³-hybridized carbons (Fsp3) is 0.488. The van der Waals surface area contributed by atoms with Gasteiger partial charge < -0.3 is 50.0 Å². The van der Waals surface area contributed by atoms with E-state index in [1.165, 1.54) is 12.8 Å². The van der Waals surface area contributed by atoms with Crippen LogP contribution in [0, 0.1) is 0 Å². The van der Waals surface area contributed by atoms with Gasteiger partial charge in [0.1, 0.15) is 28.8 Å². The van der Waals surface area contributed by atoms with Gasteiger partial charge in [-0.15, -0.1) is 0 Å². The number of halogens is 3. The molecular weight excluding hydrogens is 794 g/mol. The van der Waals surface area contributed by atoms with E-state index in [2.05, 4.69) is 51.1 Å².